The first-order valence-corrected chi connectivity index (χ1v) is 31.8. The molecule has 0 unspecified atom stereocenters. The number of aliphatic hydroxyl groups is 14. The van der Waals surface area contributed by atoms with Gasteiger partial charge in [-0.2, -0.15) is 0 Å². The van der Waals surface area contributed by atoms with Crippen LogP contribution in [0.2, 0.25) is 0 Å². The minimum Gasteiger partial charge on any atom is -0.390 e. The molecule has 8 saturated heterocycles. The largest absolute Gasteiger partial charge is 0.390 e. The third-order valence-corrected chi connectivity index (χ3v) is 18.5. The van der Waals surface area contributed by atoms with Gasteiger partial charge in [0, 0.05) is 24.6 Å². The summed E-state index contributed by atoms with van der Waals surface area (Å²) in [4.78, 5) is 11.0. The van der Waals surface area contributed by atoms with Crippen molar-refractivity contribution in [1.82, 2.24) is 0 Å². The number of hydrogen-bond acceptors (Lipinski definition) is 30. The van der Waals surface area contributed by atoms with Gasteiger partial charge in [0.2, 0.25) is 0 Å². The maximum Gasteiger partial charge on any atom is 0.187 e. The molecule has 8 rings (SSSR count). The Hall–Kier alpha value is 1.12. The molecular formula is C48H74Cl8O30. The second kappa shape index (κ2) is 33.2. The van der Waals surface area contributed by atoms with Crippen molar-refractivity contribution in [1.29, 1.82) is 0 Å². The van der Waals surface area contributed by atoms with Crippen molar-refractivity contribution in [2.45, 2.75) is 234 Å². The fourth-order valence-corrected chi connectivity index (χ4v) is 12.9. The van der Waals surface area contributed by atoms with Crippen molar-refractivity contribution in [2.75, 3.05) is 60.3 Å². The lowest BCUT2D eigenvalue weighted by atomic mass is 9.95. The molecule has 0 saturated carbocycles. The molecule has 0 aromatic rings. The van der Waals surface area contributed by atoms with Crippen LogP contribution in [0.5, 0.6) is 0 Å². The van der Waals surface area contributed by atoms with E-state index in [-0.39, 0.29) is 43.7 Å². The van der Waals surface area contributed by atoms with E-state index >= 15 is 0 Å². The standard InChI is InChI=1S/C48H74Cl8O30/c49-3-13-1-15(57)24(12-71-13)86-85-17-2-14(4-50)73-43(26(17)60)80-38-19(6-52)75-45(33(67)27(38)61)82-40-21(8-54)77-47(35(69)29(40)63)84-42-23(10-56)78-48(36(70)31(42)65)83-41-22(9-55)76-46(34(68)30(41)64)81-39-20(7-53)74-44(32(66)28(39)62)79-37-18(5-51)72-11-16(58)25(37)59/h13-48,57-70H,1-12H2/t13-,14-,15-,16-,17-,18+,19+,20+,21+,22+,23+,24-,25+,26+,27+,28+,29+,30+,31+,32+,33+,34+,35+,36+,37+,38+,39+,40+,41+,42+,43+,44+,45+,46+,47+,48+/m0/s1. The molecule has 38 heteroatoms. The Morgan fingerprint density at radius 1 is 0.267 bits per heavy atom. The van der Waals surface area contributed by atoms with Crippen LogP contribution >= 0.6 is 92.8 Å². The lowest BCUT2D eigenvalue weighted by Crippen LogP contribution is -2.68. The normalized spacial score (nSPS) is 51.6. The minimum atomic E-state index is -2.07. The van der Waals surface area contributed by atoms with Crippen molar-refractivity contribution in [3.63, 3.8) is 0 Å². The van der Waals surface area contributed by atoms with Gasteiger partial charge in [-0.25, -0.2) is 9.78 Å². The van der Waals surface area contributed by atoms with E-state index in [4.69, 9.17) is 169 Å². The Balaban J connectivity index is 0.847. The van der Waals surface area contributed by atoms with E-state index in [2.05, 4.69) is 0 Å². The van der Waals surface area contributed by atoms with Gasteiger partial charge in [-0.05, 0) is 0 Å². The van der Waals surface area contributed by atoms with Crippen molar-refractivity contribution in [3.05, 3.63) is 0 Å². The van der Waals surface area contributed by atoms with Gasteiger partial charge in [-0.3, -0.25) is 0 Å². The number of aliphatic hydroxyl groups excluding tert-OH is 14. The highest BCUT2D eigenvalue weighted by molar-refractivity contribution is 6.19. The molecule has 0 spiro atoms. The summed E-state index contributed by atoms with van der Waals surface area (Å²) >= 11 is 49.2. The van der Waals surface area contributed by atoms with E-state index in [1.165, 1.54) is 0 Å². The van der Waals surface area contributed by atoms with Gasteiger partial charge >= 0.3 is 0 Å². The van der Waals surface area contributed by atoms with Crippen LogP contribution in [0.15, 0.2) is 0 Å². The Kier molecular flexibility index (Phi) is 28.1. The molecule has 8 aliphatic rings. The molecule has 30 nitrogen and oxygen atoms in total. The zero-order valence-electron chi connectivity index (χ0n) is 45.1. The van der Waals surface area contributed by atoms with E-state index in [0.717, 1.165) is 0 Å². The molecule has 8 aliphatic heterocycles. The number of alkyl halides is 8. The van der Waals surface area contributed by atoms with Gasteiger partial charge in [0.15, 0.2) is 37.7 Å². The summed E-state index contributed by atoms with van der Waals surface area (Å²) in [5.74, 6) is -2.47. The van der Waals surface area contributed by atoms with Gasteiger partial charge < -0.3 is 138 Å². The third kappa shape index (κ3) is 16.3. The fourth-order valence-electron chi connectivity index (χ4n) is 11.0. The van der Waals surface area contributed by atoms with Crippen molar-refractivity contribution >= 4 is 92.8 Å². The van der Waals surface area contributed by atoms with Gasteiger partial charge in [0.05, 0.1) is 66.8 Å². The molecule has 0 aliphatic carbocycles. The van der Waals surface area contributed by atoms with Gasteiger partial charge in [0.1, 0.15) is 165 Å². The molecule has 8 fully saturated rings. The Labute approximate surface area is 531 Å². The maximum atomic E-state index is 11.5. The second-order valence-electron chi connectivity index (χ2n) is 21.8. The summed E-state index contributed by atoms with van der Waals surface area (Å²) in [7, 11) is 0. The van der Waals surface area contributed by atoms with Gasteiger partial charge in [-0.15, -0.1) is 92.8 Å². The van der Waals surface area contributed by atoms with Crippen molar-refractivity contribution < 1.29 is 148 Å². The van der Waals surface area contributed by atoms with Crippen molar-refractivity contribution in [2.24, 2.45) is 0 Å². The molecule has 36 atom stereocenters. The minimum absolute atomic E-state index is 0.00469. The number of rotatable bonds is 23. The average Bonchev–Trinajstić information content (AvgIpc) is 1.36. The van der Waals surface area contributed by atoms with Crippen LogP contribution < -0.4 is 0 Å². The molecule has 14 N–H and O–H groups in total. The molecule has 0 aromatic heterocycles. The first-order valence-electron chi connectivity index (χ1n) is 27.5. The predicted octanol–water partition coefficient (Wildman–Crippen LogP) is -5.13. The number of ether oxygens (including phenoxy) is 14. The highest BCUT2D eigenvalue weighted by Gasteiger charge is 2.58. The Bertz CT molecular complexity index is 2030. The van der Waals surface area contributed by atoms with Crippen LogP contribution in [0.4, 0.5) is 0 Å². The lowest BCUT2D eigenvalue weighted by Gasteiger charge is -2.50. The molecule has 0 radical (unpaired) electrons. The van der Waals surface area contributed by atoms with Crippen LogP contribution in [-0.2, 0) is 76.1 Å². The van der Waals surface area contributed by atoms with Gasteiger partial charge in [0.25, 0.3) is 0 Å². The topological polar surface area (TPSA) is 431 Å². The first-order chi connectivity index (χ1) is 41.1. The van der Waals surface area contributed by atoms with Crippen LogP contribution in [0, 0.1) is 0 Å². The monoisotopic (exact) mass is 1410 g/mol. The second-order valence-corrected chi connectivity index (χ2v) is 24.2. The van der Waals surface area contributed by atoms with Crippen LogP contribution in [0.1, 0.15) is 12.8 Å². The molecule has 502 valence electrons. The third-order valence-electron chi connectivity index (χ3n) is 16.0. The smallest absolute Gasteiger partial charge is 0.187 e. The zero-order chi connectivity index (χ0) is 62.6. The SMILES string of the molecule is O[C@@H]1[C@@H](O)[C@@H](O[C@H]2[C@H](O)[C@@H](O)[C@@H](O[C@H]3[C@H](O)[C@@H](O)[C@@H](O[C@H]4[C@H](O)[C@@H](O)CO[C@@H]4CCl)O[C@@H]3CCl)O[C@@H]2CCl)O[C@H](CCl)[C@H]1O[C@H]1O[C@H](CCl)[C@@H](O[C@H]2O[C@H](CCl)[C@@H](O[C@H]3O[C@H](CCl)C[C@H](OO[C@H]4CO[C@H](CCl)C[C@@H]4O)[C@H]3O)[C@H](O)[C@H]2O)[C@H](O)[C@H]1O. The molecular weight excluding hydrogens is 1340 g/mol. The summed E-state index contributed by atoms with van der Waals surface area (Å²) in [6.45, 7) is -0.314. The number of hydrogen-bond donors (Lipinski definition) is 14. The van der Waals surface area contributed by atoms with Gasteiger partial charge in [-0.1, -0.05) is 0 Å². The predicted molar refractivity (Wildman–Crippen MR) is 290 cm³/mol. The van der Waals surface area contributed by atoms with Crippen LogP contribution in [0.25, 0.3) is 0 Å². The molecule has 8 heterocycles. The number of halogens is 8. The maximum absolute atomic E-state index is 11.5. The molecule has 0 amide bonds. The summed E-state index contributed by atoms with van der Waals surface area (Å²) in [5.41, 5.74) is 0. The Morgan fingerprint density at radius 3 is 0.872 bits per heavy atom. The van der Waals surface area contributed by atoms with Crippen LogP contribution in [0.3, 0.4) is 0 Å². The van der Waals surface area contributed by atoms with E-state index in [9.17, 15) is 71.5 Å². The highest BCUT2D eigenvalue weighted by Crippen LogP contribution is 2.39. The molecule has 0 bridgehead atoms. The van der Waals surface area contributed by atoms with E-state index in [1.807, 2.05) is 0 Å². The lowest BCUT2D eigenvalue weighted by molar-refractivity contribution is -0.415. The van der Waals surface area contributed by atoms with Crippen molar-refractivity contribution in [3.8, 4) is 0 Å². The summed E-state index contributed by atoms with van der Waals surface area (Å²) in [5, 5.41) is 156. The molecule has 86 heavy (non-hydrogen) atoms. The summed E-state index contributed by atoms with van der Waals surface area (Å²) in [6.07, 6.45) is -56.4. The Morgan fingerprint density at radius 2 is 0.570 bits per heavy atom. The van der Waals surface area contributed by atoms with E-state index in [0.29, 0.717) is 0 Å². The van der Waals surface area contributed by atoms with Crippen LogP contribution in [-0.4, -0.2) is 353 Å². The van der Waals surface area contributed by atoms with E-state index < -0.39 is 250 Å². The first kappa shape index (κ1) is 72.9. The summed E-state index contributed by atoms with van der Waals surface area (Å²) < 4.78 is 81.5. The average molecular weight is 1410 g/mol. The fraction of sp³-hybridized carbons (Fsp3) is 1.00. The highest BCUT2D eigenvalue weighted by atomic mass is 35.5. The van der Waals surface area contributed by atoms with E-state index in [1.54, 1.807) is 0 Å². The molecule has 0 aromatic carbocycles. The summed E-state index contributed by atoms with van der Waals surface area (Å²) in [6, 6.07) is 0. The zero-order valence-corrected chi connectivity index (χ0v) is 51.1. The quantitative estimate of drug-likeness (QED) is 0.0258.